The van der Waals surface area contributed by atoms with Crippen molar-refractivity contribution in [2.24, 2.45) is 0 Å². The highest BCUT2D eigenvalue weighted by atomic mass is 28.3. The van der Waals surface area contributed by atoms with Crippen molar-refractivity contribution in [2.75, 3.05) is 64.1 Å². The Bertz CT molecular complexity index is 2200. The average Bonchev–Trinajstić information content (AvgIpc) is 4.01. The first-order chi connectivity index (χ1) is 27.2. The molecule has 1 aliphatic carbocycles. The van der Waals surface area contributed by atoms with Gasteiger partial charge in [0.2, 0.25) is 0 Å². The Morgan fingerprint density at radius 2 is 1.80 bits per heavy atom. The van der Waals surface area contributed by atoms with Crippen molar-refractivity contribution in [3.8, 4) is 34.0 Å². The molecule has 294 valence electrons. The molecule has 0 unspecified atom stereocenters. The molecule has 5 aromatic rings. The highest BCUT2D eigenvalue weighted by Crippen LogP contribution is 2.44. The lowest BCUT2D eigenvalue weighted by atomic mass is 9.96. The van der Waals surface area contributed by atoms with E-state index >= 15 is 4.39 Å². The van der Waals surface area contributed by atoms with E-state index in [1.165, 1.54) is 11.0 Å². The molecule has 3 aliphatic rings. The number of rotatable bonds is 14. The van der Waals surface area contributed by atoms with Crippen molar-refractivity contribution in [1.29, 1.82) is 0 Å². The van der Waals surface area contributed by atoms with Gasteiger partial charge >= 0.3 is 0 Å². The summed E-state index contributed by atoms with van der Waals surface area (Å²) < 4.78 is 41.5. The Morgan fingerprint density at radius 3 is 2.55 bits per heavy atom. The van der Waals surface area contributed by atoms with Crippen molar-refractivity contribution in [2.45, 2.75) is 57.8 Å². The zero-order valence-corrected chi connectivity index (χ0v) is 33.4. The van der Waals surface area contributed by atoms with Gasteiger partial charge in [0.05, 0.1) is 49.6 Å². The number of anilines is 1. The van der Waals surface area contributed by atoms with Gasteiger partial charge < -0.3 is 29.0 Å². The minimum Gasteiger partial charge on any atom is -0.491 e. The lowest BCUT2D eigenvalue weighted by Crippen LogP contribution is -2.38. The van der Waals surface area contributed by atoms with Crippen LogP contribution in [-0.4, -0.2) is 97.7 Å². The van der Waals surface area contributed by atoms with Crippen molar-refractivity contribution in [3.05, 3.63) is 89.5 Å². The van der Waals surface area contributed by atoms with E-state index in [1.807, 2.05) is 41.0 Å². The maximum Gasteiger partial charge on any atom is 0.265 e. The van der Waals surface area contributed by atoms with E-state index in [2.05, 4.69) is 30.6 Å². The van der Waals surface area contributed by atoms with E-state index in [0.717, 1.165) is 85.2 Å². The van der Waals surface area contributed by atoms with Gasteiger partial charge in [-0.3, -0.25) is 19.2 Å². The zero-order chi connectivity index (χ0) is 38.8. The van der Waals surface area contributed by atoms with Crippen LogP contribution in [0.3, 0.4) is 0 Å². The molecule has 1 saturated heterocycles. The quantitative estimate of drug-likeness (QED) is 0.0915. The number of carbonyl (C=O) groups excluding carboxylic acids is 1. The number of hydrogen-bond acceptors (Lipinski definition) is 9. The van der Waals surface area contributed by atoms with Crippen LogP contribution in [0.15, 0.2) is 67.0 Å². The molecule has 11 nitrogen and oxygen atoms in total. The number of halogens is 1. The maximum absolute atomic E-state index is 15.6. The van der Waals surface area contributed by atoms with Gasteiger partial charge in [0.1, 0.15) is 48.5 Å². The molecule has 13 heteroatoms. The number of benzene rings is 2. The maximum atomic E-state index is 15.6. The van der Waals surface area contributed by atoms with Gasteiger partial charge in [-0.25, -0.2) is 9.37 Å². The minimum absolute atomic E-state index is 0.0793. The molecule has 2 fully saturated rings. The topological polar surface area (TPSA) is 111 Å². The molecule has 0 atom stereocenters. The van der Waals surface area contributed by atoms with Gasteiger partial charge in [-0.1, -0.05) is 31.8 Å². The van der Waals surface area contributed by atoms with Crippen LogP contribution < -0.4 is 14.4 Å². The summed E-state index contributed by atoms with van der Waals surface area (Å²) >= 11 is 0. The van der Waals surface area contributed by atoms with E-state index in [0.29, 0.717) is 41.8 Å². The molecule has 8 rings (SSSR count). The Morgan fingerprint density at radius 1 is 0.964 bits per heavy atom. The average molecular weight is 780 g/mol. The number of amides is 1. The Hall–Kier alpha value is -4.66. The third-order valence-corrected chi connectivity index (χ3v) is 12.5. The van der Waals surface area contributed by atoms with Crippen molar-refractivity contribution >= 4 is 30.7 Å². The van der Waals surface area contributed by atoms with Crippen LogP contribution in [0.2, 0.25) is 25.7 Å². The van der Waals surface area contributed by atoms with E-state index < -0.39 is 19.8 Å². The molecule has 3 aromatic heterocycles. The molecule has 2 aromatic carbocycles. The van der Waals surface area contributed by atoms with Gasteiger partial charge in [-0.05, 0) is 84.0 Å². The Labute approximate surface area is 328 Å². The molecule has 0 bridgehead atoms. The van der Waals surface area contributed by atoms with E-state index in [4.69, 9.17) is 28.9 Å². The molecular formula is C43H50FN5O6Si. The molecular weight excluding hydrogens is 730 g/mol. The van der Waals surface area contributed by atoms with Crippen LogP contribution in [0, 0.1) is 5.82 Å². The van der Waals surface area contributed by atoms with Crippen LogP contribution in [0.5, 0.6) is 11.5 Å². The predicted molar refractivity (Wildman–Crippen MR) is 217 cm³/mol. The smallest absolute Gasteiger partial charge is 0.265 e. The normalized spacial score (nSPS) is 16.5. The second-order valence-electron chi connectivity index (χ2n) is 16.0. The molecule has 5 heterocycles. The van der Waals surface area contributed by atoms with Crippen molar-refractivity contribution in [1.82, 2.24) is 19.4 Å². The summed E-state index contributed by atoms with van der Waals surface area (Å²) in [6, 6.07) is 17.8. The predicted octanol–water partition coefficient (Wildman–Crippen LogP) is 7.34. The SMILES string of the molecule is C[Si](C)(C)CCOCn1c(-c2ccc(OCCN3CCOCC3)cn2)cc2c(-c3cccc(N4CCOc5cc(C6CC6)cc(F)c5C4=O)c3CO)ccnc21. The lowest BCUT2D eigenvalue weighted by molar-refractivity contribution is 0.0322. The summed E-state index contributed by atoms with van der Waals surface area (Å²) in [5.74, 6) is 0.209. The molecule has 1 amide bonds. The summed E-state index contributed by atoms with van der Waals surface area (Å²) in [5, 5.41) is 11.8. The largest absolute Gasteiger partial charge is 0.491 e. The first kappa shape index (κ1) is 38.2. The minimum atomic E-state index is -1.32. The number of morpholine rings is 1. The number of aliphatic hydroxyl groups excluding tert-OH is 1. The number of nitrogens with zero attached hydrogens (tertiary/aromatic N) is 5. The second-order valence-corrected chi connectivity index (χ2v) is 21.6. The number of hydrogen-bond donors (Lipinski definition) is 1. The second kappa shape index (κ2) is 16.4. The third-order valence-electron chi connectivity index (χ3n) is 10.8. The molecule has 0 spiro atoms. The first-order valence-corrected chi connectivity index (χ1v) is 23.4. The summed E-state index contributed by atoms with van der Waals surface area (Å²) in [4.78, 5) is 27.6. The van der Waals surface area contributed by atoms with Crippen LogP contribution in [-0.2, 0) is 22.8 Å². The summed E-state index contributed by atoms with van der Waals surface area (Å²) in [7, 11) is -1.32. The van der Waals surface area contributed by atoms with Gasteiger partial charge in [0.25, 0.3) is 5.91 Å². The summed E-state index contributed by atoms with van der Waals surface area (Å²) in [5.41, 5.74) is 5.66. The third kappa shape index (κ3) is 8.23. The monoisotopic (exact) mass is 779 g/mol. The van der Waals surface area contributed by atoms with Crippen LogP contribution in [0.4, 0.5) is 10.1 Å². The number of aromatic nitrogens is 3. The van der Waals surface area contributed by atoms with Crippen LogP contribution in [0.25, 0.3) is 33.5 Å². The fourth-order valence-corrected chi connectivity index (χ4v) is 8.29. The molecule has 2 aliphatic heterocycles. The molecule has 1 N–H and O–H groups in total. The number of carbonyl (C=O) groups is 1. The Kier molecular flexibility index (Phi) is 11.2. The lowest BCUT2D eigenvalue weighted by Gasteiger charge is -2.26. The fraction of sp³-hybridized carbons (Fsp3) is 0.419. The number of pyridine rings is 2. The van der Waals surface area contributed by atoms with Crippen molar-refractivity contribution < 1.29 is 33.2 Å². The van der Waals surface area contributed by atoms with Gasteiger partial charge in [0.15, 0.2) is 0 Å². The van der Waals surface area contributed by atoms with Gasteiger partial charge in [0, 0.05) is 51.5 Å². The molecule has 0 radical (unpaired) electrons. The van der Waals surface area contributed by atoms with Crippen molar-refractivity contribution in [3.63, 3.8) is 0 Å². The van der Waals surface area contributed by atoms with Crippen LogP contribution >= 0.6 is 0 Å². The standard InChI is InChI=1S/C43H50FN5O6Si/c1-56(2,3)22-21-53-28-49-39(37-10-9-31(26-46-37)54-19-15-47-13-17-52-18-14-47)25-34-33(11-12-45-42(34)49)32-5-4-6-38(35(32)27-50)48-16-20-55-40-24-30(29-7-8-29)23-36(44)41(40)43(48)51/h4-6,9-12,23-26,29,50H,7-8,13-22,27-28H2,1-3H3. The van der Waals surface area contributed by atoms with Gasteiger partial charge in [-0.15, -0.1) is 0 Å². The summed E-state index contributed by atoms with van der Waals surface area (Å²) in [6.45, 7) is 12.6. The van der Waals surface area contributed by atoms with E-state index in [1.54, 1.807) is 18.5 Å². The highest BCUT2D eigenvalue weighted by Gasteiger charge is 2.33. The first-order valence-electron chi connectivity index (χ1n) is 19.6. The molecule has 1 saturated carbocycles. The Balaban J connectivity index is 1.13. The molecule has 56 heavy (non-hydrogen) atoms. The van der Waals surface area contributed by atoms with E-state index in [9.17, 15) is 9.90 Å². The van der Waals surface area contributed by atoms with E-state index in [-0.39, 0.29) is 37.8 Å². The van der Waals surface area contributed by atoms with Crippen LogP contribution in [0.1, 0.15) is 40.2 Å². The number of ether oxygens (including phenoxy) is 4. The highest BCUT2D eigenvalue weighted by molar-refractivity contribution is 6.76. The fourth-order valence-electron chi connectivity index (χ4n) is 7.53. The zero-order valence-electron chi connectivity index (χ0n) is 32.4. The number of fused-ring (bicyclic) bond motifs is 2. The number of aliphatic hydroxyl groups is 1. The summed E-state index contributed by atoms with van der Waals surface area (Å²) in [6.07, 6.45) is 5.52. The van der Waals surface area contributed by atoms with Gasteiger partial charge in [-0.2, -0.15) is 0 Å².